The highest BCUT2D eigenvalue weighted by molar-refractivity contribution is 6.31. The van der Waals surface area contributed by atoms with E-state index in [9.17, 15) is 9.59 Å². The second-order valence-electron chi connectivity index (χ2n) is 8.34. The molecule has 0 saturated carbocycles. The van der Waals surface area contributed by atoms with Gasteiger partial charge in [0.05, 0.1) is 44.4 Å². The average Bonchev–Trinajstić information content (AvgIpc) is 2.76. The van der Waals surface area contributed by atoms with Crippen molar-refractivity contribution < 1.29 is 14.1 Å². The smallest absolute Gasteiger partial charge is 0.196 e. The molecule has 0 amide bonds. The standard InChI is InChI=1S/C24H33N5O2/c1-3-12-27-19-8-9-20(28-13-16-29(2,14-10-25)15-11-26)22-21(19)23(30)17-6-4-5-7-18(17)24(22)31/h4-9H,3,10-16,25-26H2,1-2H3,(H-,27,28,30,31)/p+1. The number of nitrogens with one attached hydrogen (secondary N) is 2. The maximum absolute atomic E-state index is 13.4. The predicted octanol–water partition coefficient (Wildman–Crippen LogP) is 2.06. The number of ketones is 2. The van der Waals surface area contributed by atoms with Gasteiger partial charge in [0, 0.05) is 42.1 Å². The van der Waals surface area contributed by atoms with Gasteiger partial charge in [-0.05, 0) is 18.6 Å². The van der Waals surface area contributed by atoms with E-state index >= 15 is 0 Å². The van der Waals surface area contributed by atoms with Crippen LogP contribution in [0.3, 0.4) is 0 Å². The number of carbonyl (C=O) groups is 2. The summed E-state index contributed by atoms with van der Waals surface area (Å²) in [7, 11) is 2.14. The summed E-state index contributed by atoms with van der Waals surface area (Å²) in [5.41, 5.74) is 14.8. The normalized spacial score (nSPS) is 13.0. The lowest BCUT2D eigenvalue weighted by molar-refractivity contribution is -0.905. The molecule has 7 nitrogen and oxygen atoms in total. The molecular weight excluding hydrogens is 390 g/mol. The molecule has 0 spiro atoms. The van der Waals surface area contributed by atoms with Gasteiger partial charge in [-0.1, -0.05) is 31.2 Å². The van der Waals surface area contributed by atoms with Gasteiger partial charge in [-0.3, -0.25) is 9.59 Å². The van der Waals surface area contributed by atoms with Gasteiger partial charge in [0.1, 0.15) is 0 Å². The number of hydrogen-bond acceptors (Lipinski definition) is 6. The monoisotopic (exact) mass is 424 g/mol. The number of nitrogens with two attached hydrogens (primary N) is 2. The number of fused-ring (bicyclic) bond motifs is 2. The summed E-state index contributed by atoms with van der Waals surface area (Å²) in [5, 5.41) is 6.73. The summed E-state index contributed by atoms with van der Waals surface area (Å²) in [6.45, 7) is 7.11. The maximum atomic E-state index is 13.4. The van der Waals surface area contributed by atoms with Gasteiger partial charge in [0.2, 0.25) is 0 Å². The molecular formula is C24H34N5O2+. The Morgan fingerprint density at radius 1 is 0.774 bits per heavy atom. The first-order chi connectivity index (χ1) is 15.0. The largest absolute Gasteiger partial charge is 0.384 e. The second kappa shape index (κ2) is 10.0. The Bertz CT molecular complexity index is 951. The molecule has 0 aromatic heterocycles. The molecule has 0 fully saturated rings. The highest BCUT2D eigenvalue weighted by Crippen LogP contribution is 2.36. The SMILES string of the molecule is CCCNc1ccc(NCC[N+](C)(CCN)CCN)c2c1C(=O)c1ccccc1C2=O. The fourth-order valence-electron chi connectivity index (χ4n) is 4.20. The van der Waals surface area contributed by atoms with E-state index in [0.717, 1.165) is 37.1 Å². The van der Waals surface area contributed by atoms with Crippen molar-refractivity contribution in [3.8, 4) is 0 Å². The van der Waals surface area contributed by atoms with Crippen molar-refractivity contribution in [2.75, 3.05) is 63.5 Å². The zero-order chi connectivity index (χ0) is 22.4. The first kappa shape index (κ1) is 22.9. The van der Waals surface area contributed by atoms with Crippen molar-refractivity contribution in [1.29, 1.82) is 0 Å². The Kier molecular flexibility index (Phi) is 7.43. The summed E-state index contributed by atoms with van der Waals surface area (Å²) in [6, 6.07) is 10.8. The Hall–Kier alpha value is -2.74. The zero-order valence-corrected chi connectivity index (χ0v) is 18.5. The van der Waals surface area contributed by atoms with Gasteiger partial charge in [0.15, 0.2) is 11.6 Å². The minimum Gasteiger partial charge on any atom is -0.384 e. The van der Waals surface area contributed by atoms with Crippen LogP contribution in [0.4, 0.5) is 11.4 Å². The molecule has 0 atom stereocenters. The second-order valence-corrected chi connectivity index (χ2v) is 8.34. The Morgan fingerprint density at radius 3 is 1.71 bits per heavy atom. The minimum atomic E-state index is -0.117. The van der Waals surface area contributed by atoms with Crippen molar-refractivity contribution in [3.05, 3.63) is 58.7 Å². The highest BCUT2D eigenvalue weighted by atomic mass is 16.1. The van der Waals surface area contributed by atoms with Gasteiger partial charge in [-0.15, -0.1) is 0 Å². The number of quaternary nitrogens is 1. The number of rotatable bonds is 11. The van der Waals surface area contributed by atoms with Crippen molar-refractivity contribution >= 4 is 22.9 Å². The predicted molar refractivity (Wildman–Crippen MR) is 126 cm³/mol. The Balaban J connectivity index is 1.94. The Labute approximate surface area is 184 Å². The van der Waals surface area contributed by atoms with Crippen LogP contribution in [0.5, 0.6) is 0 Å². The van der Waals surface area contributed by atoms with Crippen LogP contribution in [0.2, 0.25) is 0 Å². The first-order valence-corrected chi connectivity index (χ1v) is 11.0. The maximum Gasteiger partial charge on any atom is 0.196 e. The summed E-state index contributed by atoms with van der Waals surface area (Å²) < 4.78 is 0.758. The molecule has 2 aromatic rings. The van der Waals surface area contributed by atoms with Crippen molar-refractivity contribution in [2.24, 2.45) is 11.5 Å². The molecule has 0 heterocycles. The molecule has 0 radical (unpaired) electrons. The van der Waals surface area contributed by atoms with Gasteiger partial charge >= 0.3 is 0 Å². The quantitative estimate of drug-likeness (QED) is 0.351. The van der Waals surface area contributed by atoms with Crippen molar-refractivity contribution in [2.45, 2.75) is 13.3 Å². The summed E-state index contributed by atoms with van der Waals surface area (Å²) in [6.07, 6.45) is 0.923. The van der Waals surface area contributed by atoms with E-state index in [4.69, 9.17) is 11.5 Å². The third kappa shape index (κ3) is 4.79. The van der Waals surface area contributed by atoms with Crippen LogP contribution in [0, 0.1) is 0 Å². The first-order valence-electron chi connectivity index (χ1n) is 11.0. The van der Waals surface area contributed by atoms with Crippen LogP contribution in [0.1, 0.15) is 45.2 Å². The lowest BCUT2D eigenvalue weighted by Crippen LogP contribution is -2.52. The number of nitrogens with zero attached hydrogens (tertiary/aromatic N) is 1. The minimum absolute atomic E-state index is 0.112. The molecule has 7 heteroatoms. The highest BCUT2D eigenvalue weighted by Gasteiger charge is 2.33. The molecule has 0 bridgehead atoms. The van der Waals surface area contributed by atoms with E-state index in [2.05, 4.69) is 24.6 Å². The topological polar surface area (TPSA) is 110 Å². The van der Waals surface area contributed by atoms with E-state index in [1.165, 1.54) is 0 Å². The Morgan fingerprint density at radius 2 is 1.26 bits per heavy atom. The summed E-state index contributed by atoms with van der Waals surface area (Å²) in [5.74, 6) is -0.228. The average molecular weight is 425 g/mol. The zero-order valence-electron chi connectivity index (χ0n) is 18.5. The molecule has 3 rings (SSSR count). The molecule has 166 valence electrons. The van der Waals surface area contributed by atoms with Crippen LogP contribution >= 0.6 is 0 Å². The number of hydrogen-bond donors (Lipinski definition) is 4. The number of anilines is 2. The molecule has 1 aliphatic carbocycles. The van der Waals surface area contributed by atoms with E-state index < -0.39 is 0 Å². The van der Waals surface area contributed by atoms with Crippen LogP contribution in [0.15, 0.2) is 36.4 Å². The van der Waals surface area contributed by atoms with Crippen LogP contribution < -0.4 is 22.1 Å². The van der Waals surface area contributed by atoms with E-state index in [-0.39, 0.29) is 11.6 Å². The molecule has 2 aromatic carbocycles. The fourth-order valence-corrected chi connectivity index (χ4v) is 4.20. The van der Waals surface area contributed by atoms with Crippen molar-refractivity contribution in [3.63, 3.8) is 0 Å². The van der Waals surface area contributed by atoms with Crippen LogP contribution in [0.25, 0.3) is 0 Å². The van der Waals surface area contributed by atoms with Crippen LogP contribution in [-0.2, 0) is 0 Å². The fraction of sp³-hybridized carbons (Fsp3) is 0.417. The van der Waals surface area contributed by atoms with Crippen molar-refractivity contribution in [1.82, 2.24) is 0 Å². The number of likely N-dealkylation sites (N-methyl/N-ethyl adjacent to an activating group) is 1. The summed E-state index contributed by atoms with van der Waals surface area (Å²) in [4.78, 5) is 26.8. The number of benzene rings is 2. The third-order valence-electron chi connectivity index (χ3n) is 5.95. The summed E-state index contributed by atoms with van der Waals surface area (Å²) >= 11 is 0. The molecule has 0 saturated heterocycles. The number of carbonyl (C=O) groups excluding carboxylic acids is 2. The van der Waals surface area contributed by atoms with E-state index in [1.807, 2.05) is 12.1 Å². The molecule has 0 unspecified atom stereocenters. The molecule has 1 aliphatic rings. The lowest BCUT2D eigenvalue weighted by Gasteiger charge is -2.34. The van der Waals surface area contributed by atoms with Gasteiger partial charge in [0.25, 0.3) is 0 Å². The van der Waals surface area contributed by atoms with E-state index in [0.29, 0.717) is 53.3 Å². The van der Waals surface area contributed by atoms with Gasteiger partial charge < -0.3 is 26.6 Å². The van der Waals surface area contributed by atoms with Crippen LogP contribution in [-0.4, -0.2) is 68.9 Å². The lowest BCUT2D eigenvalue weighted by atomic mass is 9.82. The molecule has 31 heavy (non-hydrogen) atoms. The van der Waals surface area contributed by atoms with Gasteiger partial charge in [-0.25, -0.2) is 0 Å². The van der Waals surface area contributed by atoms with Gasteiger partial charge in [-0.2, -0.15) is 0 Å². The van der Waals surface area contributed by atoms with E-state index in [1.54, 1.807) is 24.3 Å². The molecule has 0 aliphatic heterocycles. The molecule has 6 N–H and O–H groups in total. The third-order valence-corrected chi connectivity index (χ3v) is 5.95.